The van der Waals surface area contributed by atoms with Gasteiger partial charge in [-0.2, -0.15) is 5.10 Å². The minimum absolute atomic E-state index is 0.719. The van der Waals surface area contributed by atoms with E-state index in [0.29, 0.717) is 0 Å². The summed E-state index contributed by atoms with van der Waals surface area (Å²) in [7, 11) is 1.74. The van der Waals surface area contributed by atoms with E-state index in [1.54, 1.807) is 7.11 Å². The molecule has 178 valence electrons. The second-order valence-corrected chi connectivity index (χ2v) is 8.65. The third kappa shape index (κ3) is 4.43. The number of methoxy groups -OCH3 is 1. The van der Waals surface area contributed by atoms with Crippen LogP contribution in [0.5, 0.6) is 0 Å². The van der Waals surface area contributed by atoms with Gasteiger partial charge in [-0.15, -0.1) is 0 Å². The van der Waals surface area contributed by atoms with Crippen LogP contribution in [0.25, 0.3) is 28.2 Å². The van der Waals surface area contributed by atoms with Gasteiger partial charge in [0.25, 0.3) is 0 Å². The largest absolute Gasteiger partial charge is 0.385 e. The minimum Gasteiger partial charge on any atom is -0.385 e. The van der Waals surface area contributed by atoms with Crippen molar-refractivity contribution in [3.05, 3.63) is 54.0 Å². The number of nitrogens with zero attached hydrogens (tertiary/aromatic N) is 6. The predicted molar refractivity (Wildman–Crippen MR) is 134 cm³/mol. The molecule has 1 aliphatic heterocycles. The van der Waals surface area contributed by atoms with Crippen LogP contribution in [-0.4, -0.2) is 64.3 Å². The first-order valence-corrected chi connectivity index (χ1v) is 12.0. The minimum atomic E-state index is 0.719. The summed E-state index contributed by atoms with van der Waals surface area (Å²) in [6.07, 6.45) is 3.79. The standard InChI is InChI=1S/C26H32N6O2/c1-4-31-24(9-6-14-33-3)28-25-23(30-12-15-34-16-13-30)18-22(27-26(25)31)21-10-11-32(29-21)20-8-5-7-19(2)17-20/h5,7-8,10-11,17-18H,4,6,9,12-16H2,1-3H3. The highest BCUT2D eigenvalue weighted by molar-refractivity contribution is 5.90. The Bertz CT molecular complexity index is 1270. The third-order valence-electron chi connectivity index (χ3n) is 6.30. The number of anilines is 1. The molecule has 4 aromatic rings. The predicted octanol–water partition coefficient (Wildman–Crippen LogP) is 4.03. The Balaban J connectivity index is 1.60. The average molecular weight is 461 g/mol. The van der Waals surface area contributed by atoms with Crippen LogP contribution in [0.2, 0.25) is 0 Å². The SMILES string of the molecule is CCn1c(CCCOC)nc2c(N3CCOCC3)cc(-c3ccn(-c4cccc(C)c4)n3)nc21. The first kappa shape index (κ1) is 22.6. The lowest BCUT2D eigenvalue weighted by molar-refractivity contribution is 0.123. The number of rotatable bonds is 8. The summed E-state index contributed by atoms with van der Waals surface area (Å²) in [4.78, 5) is 12.5. The molecule has 4 heterocycles. The second kappa shape index (κ2) is 9.95. The van der Waals surface area contributed by atoms with Crippen LogP contribution in [0, 0.1) is 6.92 Å². The molecular formula is C26H32N6O2. The number of imidazole rings is 1. The van der Waals surface area contributed by atoms with E-state index in [1.165, 1.54) is 5.56 Å². The number of hydrogen-bond donors (Lipinski definition) is 0. The van der Waals surface area contributed by atoms with Crippen molar-refractivity contribution in [2.75, 3.05) is 44.9 Å². The lowest BCUT2D eigenvalue weighted by Gasteiger charge is -2.29. The third-order valence-corrected chi connectivity index (χ3v) is 6.30. The summed E-state index contributed by atoms with van der Waals surface area (Å²) in [5.41, 5.74) is 6.93. The van der Waals surface area contributed by atoms with E-state index in [0.717, 1.165) is 92.0 Å². The highest BCUT2D eigenvalue weighted by atomic mass is 16.5. The van der Waals surface area contributed by atoms with Gasteiger partial charge >= 0.3 is 0 Å². The lowest BCUT2D eigenvalue weighted by atomic mass is 10.2. The molecule has 0 unspecified atom stereocenters. The van der Waals surface area contributed by atoms with Gasteiger partial charge in [-0.3, -0.25) is 0 Å². The Morgan fingerprint density at radius 1 is 1.06 bits per heavy atom. The summed E-state index contributed by atoms with van der Waals surface area (Å²) in [6.45, 7) is 8.90. The number of ether oxygens (including phenoxy) is 2. The fourth-order valence-corrected chi connectivity index (χ4v) is 4.57. The van der Waals surface area contributed by atoms with Gasteiger partial charge in [0.2, 0.25) is 0 Å². The maximum absolute atomic E-state index is 5.61. The van der Waals surface area contributed by atoms with Crippen LogP contribution in [0.4, 0.5) is 5.69 Å². The van der Waals surface area contributed by atoms with Gasteiger partial charge in [-0.1, -0.05) is 12.1 Å². The van der Waals surface area contributed by atoms with Gasteiger partial charge < -0.3 is 18.9 Å². The van der Waals surface area contributed by atoms with Gasteiger partial charge in [0, 0.05) is 46.0 Å². The van der Waals surface area contributed by atoms with E-state index in [-0.39, 0.29) is 0 Å². The molecule has 1 aliphatic rings. The highest BCUT2D eigenvalue weighted by Gasteiger charge is 2.22. The molecule has 0 spiro atoms. The topological polar surface area (TPSA) is 70.2 Å². The van der Waals surface area contributed by atoms with Crippen LogP contribution < -0.4 is 4.90 Å². The normalized spacial score (nSPS) is 14.3. The molecule has 0 atom stereocenters. The van der Waals surface area contributed by atoms with Crippen LogP contribution in [0.3, 0.4) is 0 Å². The molecule has 1 saturated heterocycles. The van der Waals surface area contributed by atoms with E-state index in [2.05, 4.69) is 53.6 Å². The summed E-state index contributed by atoms with van der Waals surface area (Å²) in [6, 6.07) is 12.5. The van der Waals surface area contributed by atoms with Crippen molar-refractivity contribution in [3.8, 4) is 17.1 Å². The quantitative estimate of drug-likeness (QED) is 0.370. The fourth-order valence-electron chi connectivity index (χ4n) is 4.57. The second-order valence-electron chi connectivity index (χ2n) is 8.65. The van der Waals surface area contributed by atoms with E-state index >= 15 is 0 Å². The number of aryl methyl sites for hydroxylation is 3. The van der Waals surface area contributed by atoms with E-state index < -0.39 is 0 Å². The molecule has 0 saturated carbocycles. The monoisotopic (exact) mass is 460 g/mol. The van der Waals surface area contributed by atoms with E-state index in [4.69, 9.17) is 24.5 Å². The summed E-state index contributed by atoms with van der Waals surface area (Å²) in [5.74, 6) is 1.05. The van der Waals surface area contributed by atoms with Crippen LogP contribution in [0.1, 0.15) is 24.7 Å². The van der Waals surface area contributed by atoms with Crippen molar-refractivity contribution in [1.82, 2.24) is 24.3 Å². The van der Waals surface area contributed by atoms with Crippen molar-refractivity contribution in [3.63, 3.8) is 0 Å². The van der Waals surface area contributed by atoms with Gasteiger partial charge in [0.05, 0.1) is 30.3 Å². The Hall–Kier alpha value is -3.23. The number of hydrogen-bond acceptors (Lipinski definition) is 6. The maximum atomic E-state index is 5.61. The molecule has 3 aromatic heterocycles. The van der Waals surface area contributed by atoms with E-state index in [9.17, 15) is 0 Å². The molecule has 0 bridgehead atoms. The van der Waals surface area contributed by atoms with Crippen LogP contribution in [0.15, 0.2) is 42.6 Å². The Kier molecular flexibility index (Phi) is 6.60. The van der Waals surface area contributed by atoms with Gasteiger partial charge in [-0.05, 0) is 50.1 Å². The van der Waals surface area contributed by atoms with Gasteiger partial charge in [-0.25, -0.2) is 14.6 Å². The first-order valence-electron chi connectivity index (χ1n) is 12.0. The zero-order valence-corrected chi connectivity index (χ0v) is 20.2. The Morgan fingerprint density at radius 3 is 2.68 bits per heavy atom. The van der Waals surface area contributed by atoms with E-state index in [1.807, 2.05) is 16.9 Å². The van der Waals surface area contributed by atoms with Crippen molar-refractivity contribution in [2.24, 2.45) is 0 Å². The average Bonchev–Trinajstić information content (AvgIpc) is 3.49. The Morgan fingerprint density at radius 2 is 1.91 bits per heavy atom. The number of fused-ring (bicyclic) bond motifs is 1. The highest BCUT2D eigenvalue weighted by Crippen LogP contribution is 2.32. The molecule has 1 aromatic carbocycles. The lowest BCUT2D eigenvalue weighted by Crippen LogP contribution is -2.36. The molecule has 8 nitrogen and oxygen atoms in total. The smallest absolute Gasteiger partial charge is 0.162 e. The van der Waals surface area contributed by atoms with Crippen molar-refractivity contribution in [1.29, 1.82) is 0 Å². The summed E-state index contributed by atoms with van der Waals surface area (Å²) >= 11 is 0. The van der Waals surface area contributed by atoms with Crippen molar-refractivity contribution >= 4 is 16.9 Å². The van der Waals surface area contributed by atoms with Crippen LogP contribution >= 0.6 is 0 Å². The number of morpholine rings is 1. The molecule has 0 aliphatic carbocycles. The van der Waals surface area contributed by atoms with Gasteiger partial charge in [0.1, 0.15) is 17.0 Å². The first-order chi connectivity index (χ1) is 16.7. The molecule has 1 fully saturated rings. The molecule has 0 amide bonds. The summed E-state index contributed by atoms with van der Waals surface area (Å²) in [5, 5.41) is 4.87. The fraction of sp³-hybridized carbons (Fsp3) is 0.423. The zero-order chi connectivity index (χ0) is 23.5. The van der Waals surface area contributed by atoms with Gasteiger partial charge in [0.15, 0.2) is 5.65 Å². The number of pyridine rings is 1. The van der Waals surface area contributed by atoms with Crippen molar-refractivity contribution in [2.45, 2.75) is 33.2 Å². The molecular weight excluding hydrogens is 428 g/mol. The van der Waals surface area contributed by atoms with Crippen LogP contribution in [-0.2, 0) is 22.4 Å². The number of benzene rings is 1. The Labute approximate surface area is 200 Å². The zero-order valence-electron chi connectivity index (χ0n) is 20.2. The molecule has 34 heavy (non-hydrogen) atoms. The maximum Gasteiger partial charge on any atom is 0.162 e. The molecule has 0 radical (unpaired) electrons. The summed E-state index contributed by atoms with van der Waals surface area (Å²) < 4.78 is 15.0. The molecule has 0 N–H and O–H groups in total. The number of aromatic nitrogens is 5. The molecule has 8 heteroatoms. The molecule has 5 rings (SSSR count). The van der Waals surface area contributed by atoms with Crippen molar-refractivity contribution < 1.29 is 9.47 Å².